The summed E-state index contributed by atoms with van der Waals surface area (Å²) in [6.45, 7) is -0.117. The normalized spacial score (nSPS) is 15.7. The van der Waals surface area contributed by atoms with Gasteiger partial charge in [0.1, 0.15) is 6.61 Å². The molecule has 1 amide bonds. The summed E-state index contributed by atoms with van der Waals surface area (Å²) in [6, 6.07) is 16.4. The van der Waals surface area contributed by atoms with Crippen LogP contribution in [0.1, 0.15) is 12.1 Å². The Labute approximate surface area is 178 Å². The molecule has 0 radical (unpaired) electrons. The van der Waals surface area contributed by atoms with Crippen LogP contribution in [0.2, 0.25) is 0 Å². The second kappa shape index (κ2) is 7.58. The number of hydrogen-bond acceptors (Lipinski definition) is 7. The first kappa shape index (κ1) is 18.8. The second-order valence-corrected chi connectivity index (χ2v) is 8.98. The lowest BCUT2D eigenvalue weighted by molar-refractivity contribution is -0.145. The van der Waals surface area contributed by atoms with E-state index in [1.165, 1.54) is 29.2 Å². The molecule has 0 fully saturated rings. The number of nitrogens with zero attached hydrogens (tertiary/aromatic N) is 2. The Kier molecular flexibility index (Phi) is 4.76. The van der Waals surface area contributed by atoms with Crippen molar-refractivity contribution in [1.29, 1.82) is 0 Å². The van der Waals surface area contributed by atoms with Gasteiger partial charge in [-0.3, -0.25) is 18.8 Å². The lowest BCUT2D eigenvalue weighted by Crippen LogP contribution is -2.31. The Bertz CT molecular complexity index is 1360. The van der Waals surface area contributed by atoms with Gasteiger partial charge in [0, 0.05) is 11.0 Å². The van der Waals surface area contributed by atoms with Crippen LogP contribution in [0.25, 0.3) is 15.2 Å². The SMILES string of the molecule is O=C(C[C@H]1Sc2ccccc2NC1=O)OCc1cc(=O)n2c(n1)sc1ccccc12. The molecule has 2 aromatic carbocycles. The highest BCUT2D eigenvalue weighted by molar-refractivity contribution is 8.01. The van der Waals surface area contributed by atoms with Crippen LogP contribution in [0.5, 0.6) is 0 Å². The van der Waals surface area contributed by atoms with Crippen LogP contribution in [0, 0.1) is 0 Å². The number of para-hydroxylation sites is 2. The smallest absolute Gasteiger partial charge is 0.307 e. The average molecular weight is 438 g/mol. The molecule has 9 heteroatoms. The standard InChI is InChI=1S/C21H15N3O4S2/c25-18-9-12(22-21-24(18)14-6-2-4-8-16(14)30-21)11-28-19(26)10-17-20(27)23-13-5-1-3-7-15(13)29-17/h1-9,17H,10-11H2,(H,23,27)/t17-/m1/s1. The van der Waals surface area contributed by atoms with E-state index in [-0.39, 0.29) is 24.5 Å². The molecule has 3 heterocycles. The van der Waals surface area contributed by atoms with Gasteiger partial charge in [-0.25, -0.2) is 4.98 Å². The number of rotatable bonds is 4. The quantitative estimate of drug-likeness (QED) is 0.492. The van der Waals surface area contributed by atoms with Crippen LogP contribution >= 0.6 is 23.1 Å². The summed E-state index contributed by atoms with van der Waals surface area (Å²) >= 11 is 2.74. The van der Waals surface area contributed by atoms with E-state index in [1.807, 2.05) is 48.5 Å². The monoisotopic (exact) mass is 437 g/mol. The van der Waals surface area contributed by atoms with Crippen molar-refractivity contribution in [3.63, 3.8) is 0 Å². The number of amides is 1. The summed E-state index contributed by atoms with van der Waals surface area (Å²) in [6.07, 6.45) is -0.0606. The fourth-order valence-corrected chi connectivity index (χ4v) is 5.43. The largest absolute Gasteiger partial charge is 0.459 e. The van der Waals surface area contributed by atoms with Crippen LogP contribution in [-0.2, 0) is 20.9 Å². The zero-order valence-electron chi connectivity index (χ0n) is 15.5. The van der Waals surface area contributed by atoms with Gasteiger partial charge in [-0.15, -0.1) is 11.8 Å². The van der Waals surface area contributed by atoms with Crippen molar-refractivity contribution in [2.45, 2.75) is 23.2 Å². The predicted molar refractivity (Wildman–Crippen MR) is 116 cm³/mol. The van der Waals surface area contributed by atoms with Crippen LogP contribution in [0.3, 0.4) is 0 Å². The number of thioether (sulfide) groups is 1. The highest BCUT2D eigenvalue weighted by Gasteiger charge is 2.29. The summed E-state index contributed by atoms with van der Waals surface area (Å²) in [5.74, 6) is -0.737. The topological polar surface area (TPSA) is 89.8 Å². The highest BCUT2D eigenvalue weighted by Crippen LogP contribution is 2.36. The molecule has 1 aliphatic heterocycles. The van der Waals surface area contributed by atoms with Gasteiger partial charge >= 0.3 is 5.97 Å². The molecule has 30 heavy (non-hydrogen) atoms. The lowest BCUT2D eigenvalue weighted by Gasteiger charge is -2.23. The van der Waals surface area contributed by atoms with E-state index in [2.05, 4.69) is 10.3 Å². The van der Waals surface area contributed by atoms with E-state index in [0.717, 1.165) is 20.8 Å². The highest BCUT2D eigenvalue weighted by atomic mass is 32.2. The van der Waals surface area contributed by atoms with Gasteiger partial charge in [0.15, 0.2) is 4.96 Å². The van der Waals surface area contributed by atoms with E-state index in [0.29, 0.717) is 10.7 Å². The number of esters is 1. The minimum Gasteiger partial charge on any atom is -0.459 e. The van der Waals surface area contributed by atoms with E-state index in [4.69, 9.17) is 4.74 Å². The van der Waals surface area contributed by atoms with Crippen molar-refractivity contribution >= 4 is 55.8 Å². The number of hydrogen-bond donors (Lipinski definition) is 1. The maximum Gasteiger partial charge on any atom is 0.307 e. The van der Waals surface area contributed by atoms with Gasteiger partial charge in [0.05, 0.1) is 33.3 Å². The Balaban J connectivity index is 1.29. The van der Waals surface area contributed by atoms with Crippen LogP contribution < -0.4 is 10.9 Å². The number of carbonyl (C=O) groups excluding carboxylic acids is 2. The van der Waals surface area contributed by atoms with Crippen LogP contribution in [0.4, 0.5) is 5.69 Å². The predicted octanol–water partition coefficient (Wildman–Crippen LogP) is 3.46. The number of anilines is 1. The van der Waals surface area contributed by atoms with E-state index in [9.17, 15) is 14.4 Å². The second-order valence-electron chi connectivity index (χ2n) is 6.73. The molecular weight excluding hydrogens is 422 g/mol. The molecule has 7 nitrogen and oxygen atoms in total. The van der Waals surface area contributed by atoms with E-state index < -0.39 is 11.2 Å². The van der Waals surface area contributed by atoms with E-state index >= 15 is 0 Å². The van der Waals surface area contributed by atoms with Gasteiger partial charge in [-0.1, -0.05) is 35.6 Å². The van der Waals surface area contributed by atoms with Gasteiger partial charge in [0.2, 0.25) is 5.91 Å². The fourth-order valence-electron chi connectivity index (χ4n) is 3.29. The molecule has 150 valence electrons. The van der Waals surface area contributed by atoms with Gasteiger partial charge in [-0.05, 0) is 24.3 Å². The zero-order chi connectivity index (χ0) is 20.7. The van der Waals surface area contributed by atoms with Crippen molar-refractivity contribution < 1.29 is 14.3 Å². The summed E-state index contributed by atoms with van der Waals surface area (Å²) in [5, 5.41) is 2.25. The molecule has 0 unspecified atom stereocenters. The maximum absolute atomic E-state index is 12.5. The molecule has 0 saturated carbocycles. The first-order valence-corrected chi connectivity index (χ1v) is 10.9. The first-order chi connectivity index (χ1) is 14.6. The lowest BCUT2D eigenvalue weighted by atomic mass is 10.2. The van der Waals surface area contributed by atoms with Crippen molar-refractivity contribution in [2.24, 2.45) is 0 Å². The number of thiazole rings is 1. The van der Waals surface area contributed by atoms with Crippen molar-refractivity contribution in [3.8, 4) is 0 Å². The first-order valence-electron chi connectivity index (χ1n) is 9.21. The Morgan fingerprint density at radius 2 is 1.93 bits per heavy atom. The molecule has 1 atom stereocenters. The Hall–Kier alpha value is -3.17. The molecule has 4 aromatic rings. The average Bonchev–Trinajstić information content (AvgIpc) is 3.12. The van der Waals surface area contributed by atoms with Crippen molar-refractivity contribution in [2.75, 3.05) is 5.32 Å². The maximum atomic E-state index is 12.5. The number of nitrogens with one attached hydrogen (secondary N) is 1. The van der Waals surface area contributed by atoms with Crippen molar-refractivity contribution in [1.82, 2.24) is 9.38 Å². The molecule has 1 aliphatic rings. The zero-order valence-corrected chi connectivity index (χ0v) is 17.2. The number of aromatic nitrogens is 2. The molecule has 0 spiro atoms. The van der Waals surface area contributed by atoms with Crippen LogP contribution in [-0.4, -0.2) is 26.5 Å². The fraction of sp³-hybridized carbons (Fsp3) is 0.143. The third kappa shape index (κ3) is 3.46. The van der Waals surface area contributed by atoms with Gasteiger partial charge in [0.25, 0.3) is 5.56 Å². The van der Waals surface area contributed by atoms with Crippen LogP contribution in [0.15, 0.2) is 64.3 Å². The number of ether oxygens (including phenoxy) is 1. The van der Waals surface area contributed by atoms with Gasteiger partial charge in [-0.2, -0.15) is 0 Å². The molecule has 0 bridgehead atoms. The Morgan fingerprint density at radius 1 is 1.13 bits per heavy atom. The third-order valence-electron chi connectivity index (χ3n) is 4.69. The molecular formula is C21H15N3O4S2. The molecule has 1 N–H and O–H groups in total. The summed E-state index contributed by atoms with van der Waals surface area (Å²) in [7, 11) is 0. The number of fused-ring (bicyclic) bond motifs is 4. The minimum absolute atomic E-state index is 0.0606. The molecule has 0 aliphatic carbocycles. The summed E-state index contributed by atoms with van der Waals surface area (Å²) in [4.78, 5) is 43.0. The minimum atomic E-state index is -0.559. The summed E-state index contributed by atoms with van der Waals surface area (Å²) < 4.78 is 7.81. The van der Waals surface area contributed by atoms with Gasteiger partial charge < -0.3 is 10.1 Å². The third-order valence-corrected chi connectivity index (χ3v) is 6.98. The molecule has 0 saturated heterocycles. The number of carbonyl (C=O) groups is 2. The summed E-state index contributed by atoms with van der Waals surface area (Å²) in [5.41, 5.74) is 1.71. The molecule has 2 aromatic heterocycles. The number of benzene rings is 2. The molecule has 5 rings (SSSR count). The van der Waals surface area contributed by atoms with Crippen molar-refractivity contribution in [3.05, 3.63) is 70.6 Å². The Morgan fingerprint density at radius 3 is 2.83 bits per heavy atom. The van der Waals surface area contributed by atoms with E-state index in [1.54, 1.807) is 4.40 Å².